The number of carbonyl (C=O) groups excluding carboxylic acids is 1. The molecular weight excluding hydrogens is 395 g/mol. The van der Waals surface area contributed by atoms with E-state index in [0.29, 0.717) is 44.1 Å². The van der Waals surface area contributed by atoms with Crippen LogP contribution in [0, 0.1) is 11.7 Å². The molecule has 1 saturated heterocycles. The summed E-state index contributed by atoms with van der Waals surface area (Å²) in [5, 5.41) is 16.2. The zero-order valence-electron chi connectivity index (χ0n) is 18.3. The molecule has 1 atom stereocenters. The minimum Gasteiger partial charge on any atom is -0.388 e. The van der Waals surface area contributed by atoms with Crippen molar-refractivity contribution in [1.29, 1.82) is 0 Å². The second kappa shape index (κ2) is 8.30. The van der Waals surface area contributed by atoms with E-state index in [1.54, 1.807) is 38.9 Å². The van der Waals surface area contributed by atoms with E-state index in [1.807, 2.05) is 25.1 Å². The van der Waals surface area contributed by atoms with Crippen LogP contribution in [0.1, 0.15) is 33.6 Å². The molecule has 31 heavy (non-hydrogen) atoms. The summed E-state index contributed by atoms with van der Waals surface area (Å²) in [7, 11) is 0. The van der Waals surface area contributed by atoms with Crippen LogP contribution in [0.5, 0.6) is 0 Å². The number of hydrogen-bond donors (Lipinski definition) is 1. The molecular formula is C24H29FN4O2. The molecule has 1 unspecified atom stereocenters. The van der Waals surface area contributed by atoms with E-state index in [1.165, 1.54) is 6.07 Å². The lowest BCUT2D eigenvalue weighted by Crippen LogP contribution is -2.45. The van der Waals surface area contributed by atoms with E-state index in [0.717, 1.165) is 16.6 Å². The number of aromatic nitrogens is 2. The largest absolute Gasteiger partial charge is 0.388 e. The molecule has 1 aromatic heterocycles. The van der Waals surface area contributed by atoms with Gasteiger partial charge in [-0.1, -0.05) is 39.0 Å². The third kappa shape index (κ3) is 4.02. The van der Waals surface area contributed by atoms with Gasteiger partial charge in [-0.2, -0.15) is 5.10 Å². The molecule has 1 N–H and O–H groups in total. The van der Waals surface area contributed by atoms with Gasteiger partial charge in [-0.25, -0.2) is 13.9 Å². The molecule has 2 heterocycles. The topological polar surface area (TPSA) is 61.6 Å². The van der Waals surface area contributed by atoms with Gasteiger partial charge < -0.3 is 10.0 Å². The summed E-state index contributed by atoms with van der Waals surface area (Å²) in [5.74, 6) is -0.0120. The van der Waals surface area contributed by atoms with E-state index in [2.05, 4.69) is 18.9 Å². The second-order valence-corrected chi connectivity index (χ2v) is 8.75. The predicted octanol–water partition coefficient (Wildman–Crippen LogP) is 4.59. The number of hydrogen-bond acceptors (Lipinski definition) is 3. The van der Waals surface area contributed by atoms with Crippen LogP contribution >= 0.6 is 0 Å². The zero-order valence-corrected chi connectivity index (χ0v) is 18.3. The Bertz CT molecular complexity index is 1100. The van der Waals surface area contributed by atoms with Gasteiger partial charge >= 0.3 is 6.03 Å². The fraction of sp³-hybridized carbons (Fsp3) is 0.417. The zero-order chi connectivity index (χ0) is 22.2. The summed E-state index contributed by atoms with van der Waals surface area (Å²) in [6.07, 6.45) is 2.92. The molecule has 1 aliphatic rings. The highest BCUT2D eigenvalue weighted by atomic mass is 19.1. The van der Waals surface area contributed by atoms with E-state index in [4.69, 9.17) is 0 Å². The van der Waals surface area contributed by atoms with Gasteiger partial charge in [0, 0.05) is 18.5 Å². The van der Waals surface area contributed by atoms with Crippen LogP contribution < -0.4 is 4.90 Å². The molecule has 2 aromatic carbocycles. The number of β-amino-alcohol motifs (C(OH)–C–C–N with tert-alkyl or cyclic N) is 1. The van der Waals surface area contributed by atoms with Crippen molar-refractivity contribution in [2.24, 2.45) is 5.92 Å². The van der Waals surface area contributed by atoms with Gasteiger partial charge in [-0.05, 0) is 43.0 Å². The molecule has 164 valence electrons. The predicted molar refractivity (Wildman–Crippen MR) is 120 cm³/mol. The lowest BCUT2D eigenvalue weighted by atomic mass is 9.89. The van der Waals surface area contributed by atoms with Crippen LogP contribution in [0.3, 0.4) is 0 Å². The van der Waals surface area contributed by atoms with Crippen molar-refractivity contribution in [3.05, 3.63) is 54.5 Å². The molecule has 1 fully saturated rings. The van der Waals surface area contributed by atoms with Crippen LogP contribution in [0.4, 0.5) is 14.9 Å². The Morgan fingerprint density at radius 3 is 2.58 bits per heavy atom. The Labute approximate surface area is 181 Å². The van der Waals surface area contributed by atoms with E-state index >= 15 is 0 Å². The quantitative estimate of drug-likeness (QED) is 0.603. The minimum atomic E-state index is -0.887. The van der Waals surface area contributed by atoms with Crippen molar-refractivity contribution in [2.75, 3.05) is 24.5 Å². The Morgan fingerprint density at radius 1 is 1.13 bits per heavy atom. The third-order valence-electron chi connectivity index (χ3n) is 5.99. The van der Waals surface area contributed by atoms with Crippen LogP contribution in [-0.2, 0) is 0 Å². The molecule has 3 aromatic rings. The van der Waals surface area contributed by atoms with Crippen LogP contribution in [0.2, 0.25) is 0 Å². The standard InChI is InChI=1S/C24H29FN4O2/c1-4-24(31,14-17(2)3)16-27-12-13-28(23(27)30)20-10-7-11-21-18(20)15-26-29(21)22-9-6-5-8-19(22)25/h5-11,15,17,31H,4,12-14,16H2,1-3H3. The van der Waals surface area contributed by atoms with Crippen LogP contribution in [-0.4, -0.2) is 51.1 Å². The SMILES string of the molecule is CCC(O)(CC(C)C)CN1CCN(c2cccc3c2cnn3-c2ccccc2F)C1=O. The Morgan fingerprint density at radius 2 is 1.87 bits per heavy atom. The second-order valence-electron chi connectivity index (χ2n) is 8.75. The lowest BCUT2D eigenvalue weighted by Gasteiger charge is -2.33. The average molecular weight is 425 g/mol. The normalized spacial score (nSPS) is 16.5. The Kier molecular flexibility index (Phi) is 5.71. The summed E-state index contributed by atoms with van der Waals surface area (Å²) in [4.78, 5) is 16.7. The van der Waals surface area contributed by atoms with Crippen molar-refractivity contribution in [3.63, 3.8) is 0 Å². The maximum absolute atomic E-state index is 14.3. The Hall–Kier alpha value is -2.93. The van der Waals surface area contributed by atoms with Gasteiger partial charge in [-0.15, -0.1) is 0 Å². The molecule has 0 saturated carbocycles. The number of urea groups is 1. The number of carbonyl (C=O) groups is 1. The number of fused-ring (bicyclic) bond motifs is 1. The smallest absolute Gasteiger partial charge is 0.324 e. The summed E-state index contributed by atoms with van der Waals surface area (Å²) >= 11 is 0. The summed E-state index contributed by atoms with van der Waals surface area (Å²) < 4.78 is 15.9. The first-order chi connectivity index (χ1) is 14.8. The van der Waals surface area contributed by atoms with Crippen molar-refractivity contribution in [3.8, 4) is 5.69 Å². The Balaban J connectivity index is 1.63. The number of benzene rings is 2. The number of amides is 2. The molecule has 0 bridgehead atoms. The molecule has 0 spiro atoms. The highest BCUT2D eigenvalue weighted by Gasteiger charge is 2.37. The van der Waals surface area contributed by atoms with E-state index < -0.39 is 5.60 Å². The highest BCUT2D eigenvalue weighted by Crippen LogP contribution is 2.32. The van der Waals surface area contributed by atoms with Gasteiger partial charge in [0.25, 0.3) is 0 Å². The van der Waals surface area contributed by atoms with Gasteiger partial charge in [0.2, 0.25) is 0 Å². The fourth-order valence-corrected chi connectivity index (χ4v) is 4.48. The van der Waals surface area contributed by atoms with Crippen LogP contribution in [0.15, 0.2) is 48.7 Å². The van der Waals surface area contributed by atoms with Gasteiger partial charge in [0.15, 0.2) is 0 Å². The first-order valence-electron chi connectivity index (χ1n) is 10.8. The first-order valence-corrected chi connectivity index (χ1v) is 10.8. The number of halogens is 1. The maximum Gasteiger partial charge on any atom is 0.324 e. The number of para-hydroxylation sites is 1. The first kappa shape index (κ1) is 21.3. The lowest BCUT2D eigenvalue weighted by molar-refractivity contribution is -0.00397. The molecule has 4 rings (SSSR count). The number of aliphatic hydroxyl groups is 1. The molecule has 7 heteroatoms. The monoisotopic (exact) mass is 424 g/mol. The fourth-order valence-electron chi connectivity index (χ4n) is 4.48. The maximum atomic E-state index is 14.3. The van der Waals surface area contributed by atoms with Crippen molar-refractivity contribution >= 4 is 22.6 Å². The van der Waals surface area contributed by atoms with Crippen molar-refractivity contribution in [1.82, 2.24) is 14.7 Å². The molecule has 6 nitrogen and oxygen atoms in total. The summed E-state index contributed by atoms with van der Waals surface area (Å²) in [6, 6.07) is 12.0. The molecule has 0 aliphatic carbocycles. The van der Waals surface area contributed by atoms with E-state index in [-0.39, 0.29) is 11.8 Å². The van der Waals surface area contributed by atoms with Crippen LogP contribution in [0.25, 0.3) is 16.6 Å². The highest BCUT2D eigenvalue weighted by molar-refractivity contribution is 6.03. The summed E-state index contributed by atoms with van der Waals surface area (Å²) in [5.41, 5.74) is 0.961. The van der Waals surface area contributed by atoms with Crippen molar-refractivity contribution in [2.45, 2.75) is 39.2 Å². The van der Waals surface area contributed by atoms with Gasteiger partial charge in [0.05, 0.1) is 29.5 Å². The number of rotatable bonds is 7. The molecule has 1 aliphatic heterocycles. The van der Waals surface area contributed by atoms with Gasteiger partial charge in [-0.3, -0.25) is 4.90 Å². The molecule has 2 amide bonds. The van der Waals surface area contributed by atoms with Crippen molar-refractivity contribution < 1.29 is 14.3 Å². The number of anilines is 1. The number of nitrogens with zero attached hydrogens (tertiary/aromatic N) is 4. The van der Waals surface area contributed by atoms with Gasteiger partial charge in [0.1, 0.15) is 11.5 Å². The molecule has 0 radical (unpaired) electrons. The third-order valence-corrected chi connectivity index (χ3v) is 5.99. The van der Waals surface area contributed by atoms with E-state index in [9.17, 15) is 14.3 Å². The minimum absolute atomic E-state index is 0.123. The average Bonchev–Trinajstić information content (AvgIpc) is 3.32. The summed E-state index contributed by atoms with van der Waals surface area (Å²) in [6.45, 7) is 7.51.